The van der Waals surface area contributed by atoms with Gasteiger partial charge in [0.25, 0.3) is 0 Å². The summed E-state index contributed by atoms with van der Waals surface area (Å²) >= 11 is 0. The summed E-state index contributed by atoms with van der Waals surface area (Å²) in [6.45, 7) is 2.30. The van der Waals surface area contributed by atoms with Gasteiger partial charge in [-0.1, -0.05) is 56.9 Å². The van der Waals surface area contributed by atoms with Crippen molar-refractivity contribution >= 4 is 0 Å². The molecule has 27 heavy (non-hydrogen) atoms. The second-order valence-corrected chi connectivity index (χ2v) is 8.68. The van der Waals surface area contributed by atoms with Crippen molar-refractivity contribution in [1.29, 1.82) is 0 Å². The van der Waals surface area contributed by atoms with Gasteiger partial charge in [-0.3, -0.25) is 0 Å². The van der Waals surface area contributed by atoms with Gasteiger partial charge in [-0.25, -0.2) is 8.78 Å². The van der Waals surface area contributed by atoms with Gasteiger partial charge in [-0.2, -0.15) is 0 Å². The summed E-state index contributed by atoms with van der Waals surface area (Å²) in [5.41, 5.74) is 4.61. The van der Waals surface area contributed by atoms with Crippen LogP contribution in [0.15, 0.2) is 36.4 Å². The summed E-state index contributed by atoms with van der Waals surface area (Å²) in [6, 6.07) is 10.7. The van der Waals surface area contributed by atoms with Crippen LogP contribution in [-0.2, 0) is 12.8 Å². The van der Waals surface area contributed by atoms with Crippen molar-refractivity contribution < 1.29 is 8.78 Å². The zero-order chi connectivity index (χ0) is 18.8. The van der Waals surface area contributed by atoms with E-state index in [1.54, 1.807) is 6.07 Å². The molecule has 2 aliphatic rings. The van der Waals surface area contributed by atoms with Crippen LogP contribution >= 0.6 is 0 Å². The molecule has 1 fully saturated rings. The van der Waals surface area contributed by atoms with Crippen molar-refractivity contribution in [1.82, 2.24) is 0 Å². The van der Waals surface area contributed by atoms with Crippen molar-refractivity contribution in [2.24, 2.45) is 17.8 Å². The van der Waals surface area contributed by atoms with Crippen LogP contribution in [0.3, 0.4) is 0 Å². The van der Waals surface area contributed by atoms with E-state index in [2.05, 4.69) is 25.1 Å². The summed E-state index contributed by atoms with van der Waals surface area (Å²) in [4.78, 5) is 0. The third-order valence-corrected chi connectivity index (χ3v) is 6.98. The summed E-state index contributed by atoms with van der Waals surface area (Å²) < 4.78 is 26.8. The summed E-state index contributed by atoms with van der Waals surface area (Å²) in [5.74, 6) is 1.14. The molecule has 2 heteroatoms. The fourth-order valence-corrected chi connectivity index (χ4v) is 5.40. The third-order valence-electron chi connectivity index (χ3n) is 6.98. The molecular formula is C25H30F2. The minimum absolute atomic E-state index is 0.757. The van der Waals surface area contributed by atoms with Crippen molar-refractivity contribution in [2.45, 2.75) is 64.7 Å². The number of benzene rings is 2. The predicted octanol–water partition coefficient (Wildman–Crippen LogP) is 7.34. The van der Waals surface area contributed by atoms with E-state index in [0.717, 1.165) is 35.3 Å². The highest BCUT2D eigenvalue weighted by Crippen LogP contribution is 2.41. The van der Waals surface area contributed by atoms with Crippen molar-refractivity contribution in [3.8, 4) is 11.1 Å². The highest BCUT2D eigenvalue weighted by Gasteiger charge is 2.30. The molecule has 2 aliphatic carbocycles. The average Bonchev–Trinajstić information content (AvgIpc) is 2.70. The minimum Gasteiger partial charge on any atom is -0.204 e. The lowest BCUT2D eigenvalue weighted by Crippen LogP contribution is -2.26. The Morgan fingerprint density at radius 1 is 0.778 bits per heavy atom. The maximum absolute atomic E-state index is 13.6. The predicted molar refractivity (Wildman–Crippen MR) is 108 cm³/mol. The number of rotatable bonds is 4. The molecule has 0 aromatic heterocycles. The average molecular weight is 369 g/mol. The number of hydrogen-bond acceptors (Lipinski definition) is 0. The second kappa shape index (κ2) is 8.12. The SMILES string of the molecule is CCCC1CCC(C2CCc3cc(-c4ccc(F)c(F)c4)ccc3C2)CC1. The van der Waals surface area contributed by atoms with Crippen LogP contribution in [0.4, 0.5) is 8.78 Å². The molecule has 0 nitrogen and oxygen atoms in total. The summed E-state index contributed by atoms with van der Waals surface area (Å²) in [7, 11) is 0. The maximum atomic E-state index is 13.6. The Bertz CT molecular complexity index is 787. The number of halogens is 2. The molecule has 144 valence electrons. The van der Waals surface area contributed by atoms with Gasteiger partial charge in [0.2, 0.25) is 0 Å². The van der Waals surface area contributed by atoms with Gasteiger partial charge in [0.1, 0.15) is 0 Å². The molecule has 1 unspecified atom stereocenters. The zero-order valence-corrected chi connectivity index (χ0v) is 16.3. The maximum Gasteiger partial charge on any atom is 0.159 e. The van der Waals surface area contributed by atoms with Crippen molar-refractivity contribution in [3.05, 3.63) is 59.2 Å². The Labute approximate surface area is 162 Å². The first-order valence-electron chi connectivity index (χ1n) is 10.7. The van der Waals surface area contributed by atoms with Crippen LogP contribution in [0.25, 0.3) is 11.1 Å². The molecule has 0 heterocycles. The smallest absolute Gasteiger partial charge is 0.159 e. The van der Waals surface area contributed by atoms with E-state index in [4.69, 9.17) is 0 Å². The lowest BCUT2D eigenvalue weighted by atomic mass is 9.69. The molecule has 0 amide bonds. The molecule has 0 radical (unpaired) electrons. The monoisotopic (exact) mass is 368 g/mol. The van der Waals surface area contributed by atoms with Gasteiger partial charge >= 0.3 is 0 Å². The molecule has 4 rings (SSSR count). The Kier molecular flexibility index (Phi) is 5.61. The molecule has 2 aromatic carbocycles. The van der Waals surface area contributed by atoms with Gasteiger partial charge < -0.3 is 0 Å². The van der Waals surface area contributed by atoms with Gasteiger partial charge in [0.05, 0.1) is 0 Å². The Hall–Kier alpha value is -1.70. The van der Waals surface area contributed by atoms with Gasteiger partial charge in [-0.05, 0) is 84.2 Å². The topological polar surface area (TPSA) is 0 Å². The van der Waals surface area contributed by atoms with E-state index in [1.807, 2.05) is 0 Å². The van der Waals surface area contributed by atoms with E-state index in [-0.39, 0.29) is 0 Å². The standard InChI is InChI=1S/C25H30F2/c1-2-3-17-4-6-18(7-5-17)19-8-9-21-15-22(11-10-20(21)14-19)23-12-13-24(26)25(27)16-23/h10-13,15-19H,2-9,14H2,1H3. The van der Waals surface area contributed by atoms with Crippen LogP contribution in [0, 0.1) is 29.4 Å². The highest BCUT2D eigenvalue weighted by atomic mass is 19.2. The fraction of sp³-hybridized carbons (Fsp3) is 0.520. The van der Waals surface area contributed by atoms with Gasteiger partial charge in [0, 0.05) is 0 Å². The molecule has 0 spiro atoms. The van der Waals surface area contributed by atoms with Crippen LogP contribution < -0.4 is 0 Å². The van der Waals surface area contributed by atoms with E-state index >= 15 is 0 Å². The highest BCUT2D eigenvalue weighted by molar-refractivity contribution is 5.65. The second-order valence-electron chi connectivity index (χ2n) is 8.68. The lowest BCUT2D eigenvalue weighted by molar-refractivity contribution is 0.184. The van der Waals surface area contributed by atoms with Crippen LogP contribution in [0.5, 0.6) is 0 Å². The number of hydrogen-bond donors (Lipinski definition) is 0. The Balaban J connectivity index is 1.44. The van der Waals surface area contributed by atoms with Crippen molar-refractivity contribution in [2.75, 3.05) is 0 Å². The molecular weight excluding hydrogens is 338 g/mol. The Morgan fingerprint density at radius 3 is 2.26 bits per heavy atom. The molecule has 2 aromatic rings. The molecule has 0 aliphatic heterocycles. The van der Waals surface area contributed by atoms with Gasteiger partial charge in [-0.15, -0.1) is 0 Å². The minimum atomic E-state index is -0.784. The van der Waals surface area contributed by atoms with Crippen LogP contribution in [-0.4, -0.2) is 0 Å². The molecule has 0 bridgehead atoms. The van der Waals surface area contributed by atoms with Crippen molar-refractivity contribution in [3.63, 3.8) is 0 Å². The van der Waals surface area contributed by atoms with E-state index in [9.17, 15) is 8.78 Å². The largest absolute Gasteiger partial charge is 0.204 e. The molecule has 0 saturated heterocycles. The van der Waals surface area contributed by atoms with Gasteiger partial charge in [0.15, 0.2) is 11.6 Å². The Morgan fingerprint density at radius 2 is 1.52 bits per heavy atom. The number of fused-ring (bicyclic) bond motifs is 1. The fourth-order valence-electron chi connectivity index (χ4n) is 5.40. The molecule has 1 atom stereocenters. The van der Waals surface area contributed by atoms with E-state index < -0.39 is 11.6 Å². The van der Waals surface area contributed by atoms with E-state index in [1.165, 1.54) is 74.6 Å². The summed E-state index contributed by atoms with van der Waals surface area (Å²) in [6.07, 6.45) is 12.0. The third kappa shape index (κ3) is 4.10. The quantitative estimate of drug-likeness (QED) is 0.529. The zero-order valence-electron chi connectivity index (χ0n) is 16.3. The van der Waals surface area contributed by atoms with Crippen LogP contribution in [0.1, 0.15) is 63.0 Å². The number of aryl methyl sites for hydroxylation is 1. The normalized spacial score (nSPS) is 25.2. The summed E-state index contributed by atoms with van der Waals surface area (Å²) in [5, 5.41) is 0. The first-order chi connectivity index (χ1) is 13.1. The molecule has 0 N–H and O–H groups in total. The first-order valence-corrected chi connectivity index (χ1v) is 10.7. The first kappa shape index (κ1) is 18.7. The van der Waals surface area contributed by atoms with E-state index in [0.29, 0.717) is 0 Å². The van der Waals surface area contributed by atoms with Crippen LogP contribution in [0.2, 0.25) is 0 Å². The molecule has 1 saturated carbocycles. The lowest BCUT2D eigenvalue weighted by Gasteiger charge is -2.36.